The zero-order chi connectivity index (χ0) is 20.9. The molecular weight excluding hydrogens is 407 g/mol. The summed E-state index contributed by atoms with van der Waals surface area (Å²) in [6, 6.07) is 11.4. The Morgan fingerprint density at radius 1 is 1.10 bits per heavy atom. The third-order valence-corrected chi connectivity index (χ3v) is 4.44. The van der Waals surface area contributed by atoms with Gasteiger partial charge in [0.2, 0.25) is 5.91 Å². The number of nitrogens with one attached hydrogen (secondary N) is 2. The number of nitrogens with zero attached hydrogens (tertiary/aromatic N) is 3. The maximum Gasteiger partial charge on any atom is 0.416 e. The minimum Gasteiger partial charge on any atom is -0.352 e. The maximum atomic E-state index is 12.7. The number of hydrogen-bond acceptors (Lipinski definition) is 4. The predicted octanol–water partition coefficient (Wildman–Crippen LogP) is 3.38. The molecule has 1 amide bonds. The highest BCUT2D eigenvalue weighted by atomic mass is 35.5. The second-order valence-electron chi connectivity index (χ2n) is 6.50. The first-order valence-corrected chi connectivity index (χ1v) is 9.09. The van der Waals surface area contributed by atoms with Gasteiger partial charge in [0.15, 0.2) is 5.82 Å². The van der Waals surface area contributed by atoms with Gasteiger partial charge < -0.3 is 5.32 Å². The van der Waals surface area contributed by atoms with Crippen molar-refractivity contribution in [3.05, 3.63) is 76.1 Å². The molecule has 152 valence electrons. The SMILES string of the molecule is O=C(Cc1cccc(Cl)c1)N[C@@H](Cc1ccc(C(F)(F)F)cc1)Cc1nn[nH]n1. The van der Waals surface area contributed by atoms with E-state index in [-0.39, 0.29) is 18.7 Å². The van der Waals surface area contributed by atoms with Crippen molar-refractivity contribution in [3.63, 3.8) is 0 Å². The number of H-pyrrole nitrogens is 1. The highest BCUT2D eigenvalue weighted by Crippen LogP contribution is 2.29. The van der Waals surface area contributed by atoms with E-state index in [0.717, 1.165) is 17.7 Å². The minimum absolute atomic E-state index is 0.121. The molecule has 0 spiro atoms. The van der Waals surface area contributed by atoms with Gasteiger partial charge in [-0.2, -0.15) is 18.4 Å². The normalized spacial score (nSPS) is 12.6. The van der Waals surface area contributed by atoms with Crippen LogP contribution in [0.3, 0.4) is 0 Å². The number of benzene rings is 2. The summed E-state index contributed by atoms with van der Waals surface area (Å²) in [5.74, 6) is 0.151. The second kappa shape index (κ2) is 9.04. The lowest BCUT2D eigenvalue weighted by atomic mass is 10.0. The molecule has 1 atom stereocenters. The number of carbonyl (C=O) groups is 1. The summed E-state index contributed by atoms with van der Waals surface area (Å²) in [6.07, 6.45) is -3.68. The van der Waals surface area contributed by atoms with E-state index in [0.29, 0.717) is 22.8 Å². The molecule has 29 heavy (non-hydrogen) atoms. The van der Waals surface area contributed by atoms with Gasteiger partial charge in [0.1, 0.15) is 0 Å². The number of halogens is 4. The monoisotopic (exact) mass is 423 g/mol. The number of rotatable bonds is 7. The second-order valence-corrected chi connectivity index (χ2v) is 6.94. The van der Waals surface area contributed by atoms with Crippen molar-refractivity contribution in [3.8, 4) is 0 Å². The van der Waals surface area contributed by atoms with Gasteiger partial charge in [-0.05, 0) is 41.8 Å². The van der Waals surface area contributed by atoms with Gasteiger partial charge in [-0.3, -0.25) is 4.79 Å². The Morgan fingerprint density at radius 2 is 1.86 bits per heavy atom. The zero-order valence-corrected chi connectivity index (χ0v) is 15.8. The van der Waals surface area contributed by atoms with Gasteiger partial charge in [0.25, 0.3) is 0 Å². The summed E-state index contributed by atoms with van der Waals surface area (Å²) in [6.45, 7) is 0. The lowest BCUT2D eigenvalue weighted by Gasteiger charge is -2.18. The Hall–Kier alpha value is -2.94. The van der Waals surface area contributed by atoms with E-state index in [1.165, 1.54) is 12.1 Å². The summed E-state index contributed by atoms with van der Waals surface area (Å²) >= 11 is 5.94. The highest BCUT2D eigenvalue weighted by molar-refractivity contribution is 6.30. The topological polar surface area (TPSA) is 83.6 Å². The molecule has 1 heterocycles. The lowest BCUT2D eigenvalue weighted by molar-refractivity contribution is -0.137. The van der Waals surface area contributed by atoms with Gasteiger partial charge >= 0.3 is 6.18 Å². The van der Waals surface area contributed by atoms with Crippen molar-refractivity contribution in [1.29, 1.82) is 0 Å². The molecule has 0 aliphatic rings. The molecule has 0 fully saturated rings. The Bertz CT molecular complexity index is 945. The number of tetrazole rings is 1. The quantitative estimate of drug-likeness (QED) is 0.610. The molecule has 0 aliphatic carbocycles. The Balaban J connectivity index is 1.69. The predicted molar refractivity (Wildman–Crippen MR) is 100 cm³/mol. The fourth-order valence-corrected chi connectivity index (χ4v) is 3.10. The van der Waals surface area contributed by atoms with E-state index in [2.05, 4.69) is 25.9 Å². The van der Waals surface area contributed by atoms with Crippen LogP contribution in [0, 0.1) is 0 Å². The van der Waals surface area contributed by atoms with Crippen LogP contribution in [0.25, 0.3) is 0 Å². The molecule has 10 heteroatoms. The number of amides is 1. The van der Waals surface area contributed by atoms with Gasteiger partial charge in [-0.1, -0.05) is 41.1 Å². The third kappa shape index (κ3) is 6.28. The summed E-state index contributed by atoms with van der Waals surface area (Å²) in [4.78, 5) is 12.5. The molecule has 0 radical (unpaired) electrons. The molecule has 0 bridgehead atoms. The molecule has 0 aliphatic heterocycles. The number of carbonyl (C=O) groups excluding carboxylic acids is 1. The Morgan fingerprint density at radius 3 is 2.48 bits per heavy atom. The van der Waals surface area contributed by atoms with E-state index >= 15 is 0 Å². The molecule has 2 N–H and O–H groups in total. The van der Waals surface area contributed by atoms with E-state index in [1.54, 1.807) is 24.3 Å². The average Bonchev–Trinajstić information content (AvgIpc) is 3.14. The van der Waals surface area contributed by atoms with Gasteiger partial charge in [-0.25, -0.2) is 0 Å². The Labute approximate surface area is 169 Å². The maximum absolute atomic E-state index is 12.7. The first kappa shape index (κ1) is 20.8. The fourth-order valence-electron chi connectivity index (χ4n) is 2.89. The van der Waals surface area contributed by atoms with Gasteiger partial charge in [-0.15, -0.1) is 10.2 Å². The smallest absolute Gasteiger partial charge is 0.352 e. The van der Waals surface area contributed by atoms with Crippen molar-refractivity contribution >= 4 is 17.5 Å². The van der Waals surface area contributed by atoms with E-state index in [1.807, 2.05) is 0 Å². The standard InChI is InChI=1S/C19H17ClF3N5O/c20-15-3-1-2-13(8-15)10-18(29)24-16(11-17-25-27-28-26-17)9-12-4-6-14(7-5-12)19(21,22)23/h1-8,16H,9-11H2,(H,24,29)(H,25,26,27,28)/t16-/m0/s1. The van der Waals surface area contributed by atoms with E-state index in [9.17, 15) is 18.0 Å². The van der Waals surface area contributed by atoms with Crippen molar-refractivity contribution < 1.29 is 18.0 Å². The first-order valence-electron chi connectivity index (χ1n) is 8.72. The fraction of sp³-hybridized carbons (Fsp3) is 0.263. The minimum atomic E-state index is -4.40. The molecule has 0 saturated heterocycles. The summed E-state index contributed by atoms with van der Waals surface area (Å²) in [7, 11) is 0. The van der Waals surface area contributed by atoms with Crippen LogP contribution in [0.2, 0.25) is 5.02 Å². The van der Waals surface area contributed by atoms with Crippen LogP contribution in [-0.4, -0.2) is 32.6 Å². The van der Waals surface area contributed by atoms with Crippen LogP contribution >= 0.6 is 11.6 Å². The summed E-state index contributed by atoms with van der Waals surface area (Å²) in [5.41, 5.74) is 0.679. The largest absolute Gasteiger partial charge is 0.416 e. The van der Waals surface area contributed by atoms with Crippen molar-refractivity contribution in [1.82, 2.24) is 25.9 Å². The van der Waals surface area contributed by atoms with Gasteiger partial charge in [0, 0.05) is 17.5 Å². The average molecular weight is 424 g/mol. The van der Waals surface area contributed by atoms with Crippen LogP contribution in [0.4, 0.5) is 13.2 Å². The van der Waals surface area contributed by atoms with Crippen LogP contribution < -0.4 is 5.32 Å². The molecule has 0 unspecified atom stereocenters. The lowest BCUT2D eigenvalue weighted by Crippen LogP contribution is -2.39. The zero-order valence-electron chi connectivity index (χ0n) is 15.1. The third-order valence-electron chi connectivity index (χ3n) is 4.20. The summed E-state index contributed by atoms with van der Waals surface area (Å²) in [5, 5.41) is 17.0. The van der Waals surface area contributed by atoms with Crippen molar-refractivity contribution in [2.24, 2.45) is 0 Å². The van der Waals surface area contributed by atoms with Crippen molar-refractivity contribution in [2.75, 3.05) is 0 Å². The first-order chi connectivity index (χ1) is 13.8. The molecule has 1 aromatic heterocycles. The molecule has 6 nitrogen and oxygen atoms in total. The molecular formula is C19H17ClF3N5O. The molecule has 3 rings (SSSR count). The number of hydrogen-bond donors (Lipinski definition) is 2. The van der Waals surface area contributed by atoms with Crippen molar-refractivity contribution in [2.45, 2.75) is 31.5 Å². The van der Waals surface area contributed by atoms with E-state index in [4.69, 9.17) is 11.6 Å². The van der Waals surface area contributed by atoms with Crippen LogP contribution in [0.15, 0.2) is 48.5 Å². The number of aromatic nitrogens is 4. The molecule has 2 aromatic carbocycles. The van der Waals surface area contributed by atoms with E-state index < -0.39 is 17.8 Å². The molecule has 0 saturated carbocycles. The van der Waals surface area contributed by atoms with Crippen LogP contribution in [0.5, 0.6) is 0 Å². The van der Waals surface area contributed by atoms with Gasteiger partial charge in [0.05, 0.1) is 12.0 Å². The Kier molecular flexibility index (Phi) is 6.48. The van der Waals surface area contributed by atoms with Crippen LogP contribution in [0.1, 0.15) is 22.5 Å². The van der Waals surface area contributed by atoms with Crippen LogP contribution in [-0.2, 0) is 30.2 Å². The summed E-state index contributed by atoms with van der Waals surface area (Å²) < 4.78 is 38.2. The number of alkyl halides is 3. The highest BCUT2D eigenvalue weighted by Gasteiger charge is 2.30. The number of aromatic amines is 1. The molecule has 3 aromatic rings.